The molecular weight excluding hydrogens is 268 g/mol. The summed E-state index contributed by atoms with van der Waals surface area (Å²) in [6.45, 7) is 0. The Hall–Kier alpha value is -1.87. The van der Waals surface area contributed by atoms with Crippen molar-refractivity contribution in [3.05, 3.63) is 82.9 Å². The molecule has 0 saturated carbocycles. The minimum Gasteiger partial charge on any atom is -0.271 e. The van der Waals surface area contributed by atoms with Gasteiger partial charge < -0.3 is 0 Å². The average molecular weight is 283 g/mol. The Morgan fingerprint density at radius 2 is 1.45 bits per heavy atom. The molecule has 20 heavy (non-hydrogen) atoms. The predicted octanol–water partition coefficient (Wildman–Crippen LogP) is 4.05. The Labute approximate surface area is 123 Å². The van der Waals surface area contributed by atoms with Gasteiger partial charge in [0.1, 0.15) is 0 Å². The first-order valence-corrected chi connectivity index (χ1v) is 6.86. The van der Waals surface area contributed by atoms with Crippen LogP contribution in [0.15, 0.2) is 66.7 Å². The van der Waals surface area contributed by atoms with Gasteiger partial charge in [-0.15, -0.1) is 0 Å². The average Bonchev–Trinajstić information content (AvgIpc) is 2.50. The smallest absolute Gasteiger partial charge is 0.0710 e. The molecule has 3 aromatic carbocycles. The van der Waals surface area contributed by atoms with E-state index >= 15 is 0 Å². The summed E-state index contributed by atoms with van der Waals surface area (Å²) >= 11 is 5.93. The van der Waals surface area contributed by atoms with Crippen LogP contribution in [0, 0.1) is 0 Å². The first-order chi connectivity index (χ1) is 9.78. The number of halogens is 1. The molecule has 0 radical (unpaired) electrons. The van der Waals surface area contributed by atoms with Gasteiger partial charge in [0.2, 0.25) is 0 Å². The third-order valence-electron chi connectivity index (χ3n) is 3.48. The van der Waals surface area contributed by atoms with Crippen molar-refractivity contribution in [1.29, 1.82) is 0 Å². The minimum absolute atomic E-state index is 0.0446. The summed E-state index contributed by atoms with van der Waals surface area (Å²) in [5.41, 5.74) is 5.10. The lowest BCUT2D eigenvalue weighted by Gasteiger charge is -2.17. The minimum atomic E-state index is -0.0446. The molecule has 0 heterocycles. The van der Waals surface area contributed by atoms with Crippen LogP contribution < -0.4 is 11.3 Å². The molecule has 0 fully saturated rings. The van der Waals surface area contributed by atoms with Crippen LogP contribution >= 0.6 is 11.6 Å². The summed E-state index contributed by atoms with van der Waals surface area (Å²) in [6, 6.07) is 22.4. The largest absolute Gasteiger partial charge is 0.271 e. The molecule has 0 bridgehead atoms. The van der Waals surface area contributed by atoms with Crippen LogP contribution in [0.3, 0.4) is 0 Å². The van der Waals surface area contributed by atoms with Crippen LogP contribution in [0.2, 0.25) is 5.02 Å². The molecule has 0 aliphatic carbocycles. The van der Waals surface area contributed by atoms with Crippen molar-refractivity contribution in [3.63, 3.8) is 0 Å². The van der Waals surface area contributed by atoms with Crippen molar-refractivity contribution in [2.24, 2.45) is 5.84 Å². The van der Waals surface area contributed by atoms with Crippen molar-refractivity contribution in [3.8, 4) is 0 Å². The molecule has 3 N–H and O–H groups in total. The highest BCUT2D eigenvalue weighted by atomic mass is 35.5. The predicted molar refractivity (Wildman–Crippen MR) is 84.6 cm³/mol. The van der Waals surface area contributed by atoms with Gasteiger partial charge >= 0.3 is 0 Å². The fourth-order valence-corrected chi connectivity index (χ4v) is 2.55. The number of nitrogens with two attached hydrogens (primary N) is 1. The lowest BCUT2D eigenvalue weighted by Crippen LogP contribution is -2.28. The number of nitrogens with one attached hydrogen (secondary N) is 1. The molecule has 0 aliphatic rings. The quantitative estimate of drug-likeness (QED) is 0.562. The lowest BCUT2D eigenvalue weighted by atomic mass is 9.97. The zero-order chi connectivity index (χ0) is 13.9. The van der Waals surface area contributed by atoms with Crippen molar-refractivity contribution in [2.75, 3.05) is 0 Å². The summed E-state index contributed by atoms with van der Waals surface area (Å²) in [5, 5.41) is 3.16. The standard InChI is InChI=1S/C17H15ClN2/c18-16-9-7-13(8-10-16)17(20-19)15-6-5-12-3-1-2-4-14(12)11-15/h1-11,17,20H,19H2. The fraction of sp³-hybridized carbons (Fsp3) is 0.0588. The van der Waals surface area contributed by atoms with E-state index in [1.54, 1.807) is 0 Å². The molecule has 3 heteroatoms. The van der Waals surface area contributed by atoms with Gasteiger partial charge in [0.15, 0.2) is 0 Å². The Bertz CT molecular complexity index is 722. The third-order valence-corrected chi connectivity index (χ3v) is 3.73. The molecule has 3 rings (SSSR count). The zero-order valence-corrected chi connectivity index (χ0v) is 11.6. The van der Waals surface area contributed by atoms with Crippen LogP contribution in [0.25, 0.3) is 10.8 Å². The van der Waals surface area contributed by atoms with E-state index in [0.29, 0.717) is 0 Å². The Kier molecular flexibility index (Phi) is 3.70. The second-order valence-corrected chi connectivity index (χ2v) is 5.19. The Morgan fingerprint density at radius 1 is 0.800 bits per heavy atom. The van der Waals surface area contributed by atoms with Gasteiger partial charge in [-0.2, -0.15) is 0 Å². The molecule has 0 saturated heterocycles. The van der Waals surface area contributed by atoms with E-state index in [9.17, 15) is 0 Å². The molecule has 0 amide bonds. The van der Waals surface area contributed by atoms with Gasteiger partial charge in [0.25, 0.3) is 0 Å². The van der Waals surface area contributed by atoms with E-state index in [-0.39, 0.29) is 6.04 Å². The summed E-state index contributed by atoms with van der Waals surface area (Å²) in [4.78, 5) is 0. The molecule has 100 valence electrons. The highest BCUT2D eigenvalue weighted by Crippen LogP contribution is 2.25. The van der Waals surface area contributed by atoms with Crippen LogP contribution in [0.5, 0.6) is 0 Å². The lowest BCUT2D eigenvalue weighted by molar-refractivity contribution is 0.637. The van der Waals surface area contributed by atoms with Gasteiger partial charge in [-0.1, -0.05) is 60.1 Å². The van der Waals surface area contributed by atoms with E-state index in [4.69, 9.17) is 17.4 Å². The van der Waals surface area contributed by atoms with E-state index in [1.165, 1.54) is 10.8 Å². The zero-order valence-electron chi connectivity index (χ0n) is 10.9. The molecule has 0 spiro atoms. The molecule has 2 nitrogen and oxygen atoms in total. The van der Waals surface area contributed by atoms with Crippen molar-refractivity contribution in [2.45, 2.75) is 6.04 Å². The topological polar surface area (TPSA) is 38.0 Å². The summed E-state index contributed by atoms with van der Waals surface area (Å²) in [7, 11) is 0. The van der Waals surface area contributed by atoms with Gasteiger partial charge in [-0.3, -0.25) is 5.84 Å². The van der Waals surface area contributed by atoms with E-state index in [2.05, 4.69) is 35.8 Å². The van der Waals surface area contributed by atoms with Crippen LogP contribution in [0.4, 0.5) is 0 Å². The number of fused-ring (bicyclic) bond motifs is 1. The number of rotatable bonds is 3. The highest BCUT2D eigenvalue weighted by Gasteiger charge is 2.12. The molecule has 3 aromatic rings. The van der Waals surface area contributed by atoms with Gasteiger partial charge in [-0.05, 0) is 40.1 Å². The second kappa shape index (κ2) is 5.63. The molecule has 0 aliphatic heterocycles. The monoisotopic (exact) mass is 282 g/mol. The SMILES string of the molecule is NNC(c1ccc(Cl)cc1)c1ccc2ccccc2c1. The first kappa shape index (κ1) is 13.1. The van der Waals surface area contributed by atoms with Crippen LogP contribution in [-0.2, 0) is 0 Å². The maximum absolute atomic E-state index is 5.93. The number of hydrogen-bond donors (Lipinski definition) is 2. The maximum atomic E-state index is 5.93. The van der Waals surface area contributed by atoms with Crippen molar-refractivity contribution >= 4 is 22.4 Å². The van der Waals surface area contributed by atoms with Crippen LogP contribution in [0.1, 0.15) is 17.2 Å². The Balaban J connectivity index is 2.04. The second-order valence-electron chi connectivity index (χ2n) is 4.76. The van der Waals surface area contributed by atoms with E-state index in [1.807, 2.05) is 36.4 Å². The third kappa shape index (κ3) is 2.54. The molecule has 1 atom stereocenters. The number of benzene rings is 3. The summed E-state index contributed by atoms with van der Waals surface area (Å²) < 4.78 is 0. The maximum Gasteiger partial charge on any atom is 0.0710 e. The van der Waals surface area contributed by atoms with Gasteiger partial charge in [0.05, 0.1) is 6.04 Å². The molecular formula is C17H15ClN2. The normalized spacial score (nSPS) is 12.5. The molecule has 1 unspecified atom stereocenters. The van der Waals surface area contributed by atoms with Gasteiger partial charge in [0, 0.05) is 5.02 Å². The number of hydrazine groups is 1. The van der Waals surface area contributed by atoms with E-state index in [0.717, 1.165) is 16.1 Å². The fourth-order valence-electron chi connectivity index (χ4n) is 2.43. The summed E-state index contributed by atoms with van der Waals surface area (Å²) in [6.07, 6.45) is 0. The first-order valence-electron chi connectivity index (χ1n) is 6.48. The van der Waals surface area contributed by atoms with Crippen molar-refractivity contribution < 1.29 is 0 Å². The summed E-state index contributed by atoms with van der Waals surface area (Å²) in [5.74, 6) is 5.74. The number of hydrogen-bond acceptors (Lipinski definition) is 2. The highest BCUT2D eigenvalue weighted by molar-refractivity contribution is 6.30. The van der Waals surface area contributed by atoms with Gasteiger partial charge in [-0.25, -0.2) is 5.43 Å². The van der Waals surface area contributed by atoms with Crippen LogP contribution in [-0.4, -0.2) is 0 Å². The molecule has 0 aromatic heterocycles. The van der Waals surface area contributed by atoms with Crippen molar-refractivity contribution in [1.82, 2.24) is 5.43 Å². The van der Waals surface area contributed by atoms with E-state index < -0.39 is 0 Å². The Morgan fingerprint density at radius 3 is 2.15 bits per heavy atom.